The first kappa shape index (κ1) is 21.8. The molecule has 1 aromatic carbocycles. The van der Waals surface area contributed by atoms with Gasteiger partial charge in [-0.3, -0.25) is 9.48 Å². The molecule has 4 aromatic heterocycles. The van der Waals surface area contributed by atoms with Crippen molar-refractivity contribution in [2.24, 2.45) is 0 Å². The monoisotopic (exact) mass is 469 g/mol. The number of nitrogens with zero attached hydrogens (tertiary/aromatic N) is 4. The molecule has 0 saturated heterocycles. The van der Waals surface area contributed by atoms with Crippen LogP contribution in [0.25, 0.3) is 21.5 Å². The van der Waals surface area contributed by atoms with Gasteiger partial charge >= 0.3 is 0 Å². The number of pyridine rings is 2. The number of thiophene rings is 1. The number of ether oxygens (including phenoxy) is 1. The van der Waals surface area contributed by atoms with E-state index in [1.807, 2.05) is 78.5 Å². The second-order valence-corrected chi connectivity index (χ2v) is 8.86. The van der Waals surface area contributed by atoms with Crippen LogP contribution in [0.5, 0.6) is 5.88 Å². The molecule has 0 bridgehead atoms. The van der Waals surface area contributed by atoms with Gasteiger partial charge in [-0.2, -0.15) is 5.10 Å². The molecule has 1 N–H and O–H groups in total. The number of aryl methyl sites for hydroxylation is 1. The number of anilines is 1. The van der Waals surface area contributed by atoms with Crippen LogP contribution in [0.15, 0.2) is 66.2 Å². The van der Waals surface area contributed by atoms with Gasteiger partial charge in [0.25, 0.3) is 5.91 Å². The number of aromatic nitrogens is 4. The molecule has 0 fully saturated rings. The molecule has 7 nitrogen and oxygen atoms in total. The van der Waals surface area contributed by atoms with Crippen LogP contribution in [-0.2, 0) is 6.54 Å². The van der Waals surface area contributed by atoms with Crippen molar-refractivity contribution >= 4 is 33.8 Å². The summed E-state index contributed by atoms with van der Waals surface area (Å²) in [6, 6.07) is 17.3. The van der Waals surface area contributed by atoms with E-state index in [0.29, 0.717) is 23.7 Å². The Morgan fingerprint density at radius 3 is 2.71 bits per heavy atom. The van der Waals surface area contributed by atoms with E-state index in [9.17, 15) is 4.79 Å². The van der Waals surface area contributed by atoms with Gasteiger partial charge in [0.15, 0.2) is 0 Å². The van der Waals surface area contributed by atoms with Crippen molar-refractivity contribution < 1.29 is 9.53 Å². The van der Waals surface area contributed by atoms with Gasteiger partial charge in [-0.15, -0.1) is 11.3 Å². The van der Waals surface area contributed by atoms with Crippen molar-refractivity contribution in [3.05, 3.63) is 88.7 Å². The summed E-state index contributed by atoms with van der Waals surface area (Å²) < 4.78 is 7.00. The van der Waals surface area contributed by atoms with Gasteiger partial charge in [-0.05, 0) is 43.0 Å². The number of nitrogens with one attached hydrogen (secondary N) is 1. The molecule has 4 heterocycles. The third kappa shape index (κ3) is 4.15. The number of rotatable bonds is 6. The number of methoxy groups -OCH3 is 1. The fourth-order valence-corrected chi connectivity index (χ4v) is 4.61. The van der Waals surface area contributed by atoms with E-state index in [0.717, 1.165) is 38.4 Å². The Kier molecular flexibility index (Phi) is 5.81. The Bertz CT molecular complexity index is 1470. The number of benzene rings is 1. The first-order chi connectivity index (χ1) is 16.5. The summed E-state index contributed by atoms with van der Waals surface area (Å²) in [6.07, 6.45) is 1.77. The largest absolute Gasteiger partial charge is 0.481 e. The predicted octanol–water partition coefficient (Wildman–Crippen LogP) is 5.48. The van der Waals surface area contributed by atoms with Crippen molar-refractivity contribution in [2.45, 2.75) is 20.4 Å². The van der Waals surface area contributed by atoms with Crippen LogP contribution in [0.2, 0.25) is 0 Å². The fourth-order valence-electron chi connectivity index (χ4n) is 3.92. The van der Waals surface area contributed by atoms with Crippen molar-refractivity contribution in [1.29, 1.82) is 0 Å². The van der Waals surface area contributed by atoms with Gasteiger partial charge in [0.2, 0.25) is 5.88 Å². The molecule has 1 amide bonds. The standard InChI is InChI=1S/C26H23N5O2S/c1-16-25(17(2)31(30-16)15-18-10-11-24(33-3)27-14-18)29-26(32)20-13-22(23-9-6-12-34-23)28-21-8-5-4-7-19(20)21/h4-14H,15H2,1-3H3,(H,29,32). The highest BCUT2D eigenvalue weighted by atomic mass is 32.1. The van der Waals surface area contributed by atoms with Crippen LogP contribution < -0.4 is 10.1 Å². The van der Waals surface area contributed by atoms with E-state index in [1.54, 1.807) is 24.6 Å². The number of fused-ring (bicyclic) bond motifs is 1. The number of para-hydroxylation sites is 1. The number of carbonyl (C=O) groups is 1. The van der Waals surface area contributed by atoms with Crippen LogP contribution in [0.3, 0.4) is 0 Å². The topological polar surface area (TPSA) is 81.9 Å². The van der Waals surface area contributed by atoms with E-state index in [-0.39, 0.29) is 5.91 Å². The molecule has 0 unspecified atom stereocenters. The van der Waals surface area contributed by atoms with E-state index in [4.69, 9.17) is 9.72 Å². The fraction of sp³-hybridized carbons (Fsp3) is 0.154. The summed E-state index contributed by atoms with van der Waals surface area (Å²) >= 11 is 1.60. The van der Waals surface area contributed by atoms with Crippen molar-refractivity contribution in [3.63, 3.8) is 0 Å². The predicted molar refractivity (Wildman–Crippen MR) is 135 cm³/mol. The smallest absolute Gasteiger partial charge is 0.256 e. The van der Waals surface area contributed by atoms with E-state index in [1.165, 1.54) is 0 Å². The molecule has 34 heavy (non-hydrogen) atoms. The summed E-state index contributed by atoms with van der Waals surface area (Å²) in [7, 11) is 1.59. The number of hydrogen-bond acceptors (Lipinski definition) is 6. The zero-order valence-electron chi connectivity index (χ0n) is 19.1. The lowest BCUT2D eigenvalue weighted by Crippen LogP contribution is -2.14. The van der Waals surface area contributed by atoms with Crippen molar-refractivity contribution in [1.82, 2.24) is 19.7 Å². The van der Waals surface area contributed by atoms with Crippen LogP contribution >= 0.6 is 11.3 Å². The maximum Gasteiger partial charge on any atom is 0.256 e. The average molecular weight is 470 g/mol. The minimum Gasteiger partial charge on any atom is -0.481 e. The van der Waals surface area contributed by atoms with Gasteiger partial charge in [0.1, 0.15) is 0 Å². The minimum atomic E-state index is -0.187. The summed E-state index contributed by atoms with van der Waals surface area (Å²) in [5, 5.41) is 10.6. The Labute approximate surface area is 201 Å². The lowest BCUT2D eigenvalue weighted by molar-refractivity contribution is 0.102. The minimum absolute atomic E-state index is 0.187. The molecular weight excluding hydrogens is 446 g/mol. The highest BCUT2D eigenvalue weighted by Crippen LogP contribution is 2.29. The molecular formula is C26H23N5O2S. The van der Waals surface area contributed by atoms with Gasteiger partial charge in [0, 0.05) is 17.6 Å². The highest BCUT2D eigenvalue weighted by Gasteiger charge is 2.19. The Morgan fingerprint density at radius 1 is 1.12 bits per heavy atom. The quantitative estimate of drug-likeness (QED) is 0.356. The van der Waals surface area contributed by atoms with Crippen LogP contribution in [0, 0.1) is 13.8 Å². The van der Waals surface area contributed by atoms with Crippen molar-refractivity contribution in [2.75, 3.05) is 12.4 Å². The molecule has 8 heteroatoms. The first-order valence-corrected chi connectivity index (χ1v) is 11.7. The molecule has 5 aromatic rings. The van der Waals surface area contributed by atoms with Gasteiger partial charge in [-0.25, -0.2) is 9.97 Å². The van der Waals surface area contributed by atoms with E-state index >= 15 is 0 Å². The Balaban J connectivity index is 1.47. The Hall–Kier alpha value is -4.04. The molecule has 0 aliphatic heterocycles. The maximum absolute atomic E-state index is 13.5. The maximum atomic E-state index is 13.5. The summed E-state index contributed by atoms with van der Waals surface area (Å²) in [6.45, 7) is 4.39. The number of carbonyl (C=O) groups excluding carboxylic acids is 1. The first-order valence-electron chi connectivity index (χ1n) is 10.8. The SMILES string of the molecule is COc1ccc(Cn2nc(C)c(NC(=O)c3cc(-c4cccs4)nc4ccccc34)c2C)cn1. The molecule has 0 spiro atoms. The molecule has 0 atom stereocenters. The lowest BCUT2D eigenvalue weighted by atomic mass is 10.1. The number of hydrogen-bond donors (Lipinski definition) is 1. The Morgan fingerprint density at radius 2 is 1.97 bits per heavy atom. The molecule has 0 saturated carbocycles. The molecule has 0 aliphatic carbocycles. The van der Waals surface area contributed by atoms with Gasteiger partial charge in [0.05, 0.1) is 52.4 Å². The zero-order chi connectivity index (χ0) is 23.7. The highest BCUT2D eigenvalue weighted by molar-refractivity contribution is 7.13. The molecule has 0 aliphatic rings. The van der Waals surface area contributed by atoms with E-state index < -0.39 is 0 Å². The molecule has 0 radical (unpaired) electrons. The lowest BCUT2D eigenvalue weighted by Gasteiger charge is -2.11. The van der Waals surface area contributed by atoms with Crippen molar-refractivity contribution in [3.8, 4) is 16.5 Å². The average Bonchev–Trinajstić information content (AvgIpc) is 3.49. The molecule has 170 valence electrons. The summed E-state index contributed by atoms with van der Waals surface area (Å²) in [5.74, 6) is 0.379. The second-order valence-electron chi connectivity index (χ2n) is 7.92. The third-order valence-electron chi connectivity index (χ3n) is 5.69. The normalized spacial score (nSPS) is 11.0. The van der Waals surface area contributed by atoms with Gasteiger partial charge < -0.3 is 10.1 Å². The number of amides is 1. The third-order valence-corrected chi connectivity index (χ3v) is 6.59. The van der Waals surface area contributed by atoms with Crippen LogP contribution in [-0.4, -0.2) is 32.8 Å². The van der Waals surface area contributed by atoms with Gasteiger partial charge in [-0.1, -0.05) is 30.3 Å². The second kappa shape index (κ2) is 9.07. The van der Waals surface area contributed by atoms with E-state index in [2.05, 4.69) is 15.4 Å². The zero-order valence-corrected chi connectivity index (χ0v) is 19.9. The van der Waals surface area contributed by atoms with Crippen LogP contribution in [0.4, 0.5) is 5.69 Å². The van der Waals surface area contributed by atoms with Crippen LogP contribution in [0.1, 0.15) is 27.3 Å². The molecule has 5 rings (SSSR count). The summed E-state index contributed by atoms with van der Waals surface area (Å²) in [5.41, 5.74) is 5.49. The summed E-state index contributed by atoms with van der Waals surface area (Å²) in [4.78, 5) is 23.5.